The fourth-order valence-electron chi connectivity index (χ4n) is 2.35. The zero-order valence-corrected chi connectivity index (χ0v) is 11.7. The number of benzene rings is 1. The minimum Gasteiger partial charge on any atom is -0.396 e. The first kappa shape index (κ1) is 13.6. The number of rotatable bonds is 3. The predicted molar refractivity (Wildman–Crippen MR) is 79.4 cm³/mol. The van der Waals surface area contributed by atoms with E-state index in [1.54, 1.807) is 0 Å². The fourth-order valence-corrected chi connectivity index (χ4v) is 2.78. The van der Waals surface area contributed by atoms with Gasteiger partial charge in [-0.2, -0.15) is 0 Å². The molecule has 1 heterocycles. The van der Waals surface area contributed by atoms with Crippen LogP contribution in [-0.2, 0) is 0 Å². The van der Waals surface area contributed by atoms with E-state index in [-0.39, 0.29) is 6.61 Å². The van der Waals surface area contributed by atoms with Gasteiger partial charge in [-0.1, -0.05) is 23.8 Å². The lowest BCUT2D eigenvalue weighted by molar-refractivity contribution is 0.209. The van der Waals surface area contributed by atoms with E-state index >= 15 is 0 Å². The van der Waals surface area contributed by atoms with Crippen molar-refractivity contribution in [2.75, 3.05) is 24.6 Å². The highest BCUT2D eigenvalue weighted by Gasteiger charge is 2.21. The van der Waals surface area contributed by atoms with Crippen LogP contribution in [0.1, 0.15) is 18.4 Å². The maximum atomic E-state index is 9.25. The van der Waals surface area contributed by atoms with Gasteiger partial charge in [-0.3, -0.25) is 0 Å². The Balaban J connectivity index is 2.20. The second-order valence-corrected chi connectivity index (χ2v) is 5.51. The van der Waals surface area contributed by atoms with Crippen LogP contribution in [-0.4, -0.2) is 29.8 Å². The Morgan fingerprint density at radius 3 is 2.94 bits per heavy atom. The summed E-state index contributed by atoms with van der Waals surface area (Å²) >= 11 is 11.2. The standard InChI is InChI=1S/C13H17ClN2OS/c14-11-6-10(13(15)18)3-4-12(11)16-5-1-2-9(7-16)8-17/h3-4,6,9,17H,1-2,5,7-8H2,(H2,15,18). The molecule has 1 aliphatic heterocycles. The summed E-state index contributed by atoms with van der Waals surface area (Å²) < 4.78 is 0. The molecule has 1 saturated heterocycles. The highest BCUT2D eigenvalue weighted by molar-refractivity contribution is 7.80. The Kier molecular flexibility index (Phi) is 4.43. The molecule has 1 aromatic carbocycles. The van der Waals surface area contributed by atoms with Gasteiger partial charge in [0.25, 0.3) is 0 Å². The van der Waals surface area contributed by atoms with Crippen molar-refractivity contribution >= 4 is 34.5 Å². The number of nitrogens with zero attached hydrogens (tertiary/aromatic N) is 1. The molecule has 98 valence electrons. The summed E-state index contributed by atoms with van der Waals surface area (Å²) in [6.07, 6.45) is 2.16. The Morgan fingerprint density at radius 2 is 2.33 bits per heavy atom. The van der Waals surface area contributed by atoms with Crippen LogP contribution in [0.4, 0.5) is 5.69 Å². The lowest BCUT2D eigenvalue weighted by atomic mass is 9.98. The Labute approximate surface area is 118 Å². The van der Waals surface area contributed by atoms with Gasteiger partial charge in [-0.25, -0.2) is 0 Å². The van der Waals surface area contributed by atoms with Crippen molar-refractivity contribution in [3.8, 4) is 0 Å². The molecule has 3 N–H and O–H groups in total. The number of anilines is 1. The van der Waals surface area contributed by atoms with Crippen molar-refractivity contribution in [3.63, 3.8) is 0 Å². The number of piperidine rings is 1. The molecule has 0 amide bonds. The maximum Gasteiger partial charge on any atom is 0.104 e. The van der Waals surface area contributed by atoms with Crippen LogP contribution >= 0.6 is 23.8 Å². The molecule has 1 atom stereocenters. The SMILES string of the molecule is NC(=S)c1ccc(N2CCCC(CO)C2)c(Cl)c1. The lowest BCUT2D eigenvalue weighted by Crippen LogP contribution is -2.37. The van der Waals surface area contributed by atoms with E-state index < -0.39 is 0 Å². The molecule has 0 bridgehead atoms. The third-order valence-corrected chi connectivity index (χ3v) is 3.89. The average Bonchev–Trinajstić information content (AvgIpc) is 2.38. The quantitative estimate of drug-likeness (QED) is 0.836. The van der Waals surface area contributed by atoms with Gasteiger partial charge >= 0.3 is 0 Å². The Morgan fingerprint density at radius 1 is 1.56 bits per heavy atom. The normalized spacial score (nSPS) is 19.9. The van der Waals surface area contributed by atoms with Crippen molar-refractivity contribution in [1.29, 1.82) is 0 Å². The second-order valence-electron chi connectivity index (χ2n) is 4.67. The zero-order valence-electron chi connectivity index (χ0n) is 10.1. The van der Waals surface area contributed by atoms with E-state index in [4.69, 9.17) is 29.6 Å². The van der Waals surface area contributed by atoms with Crippen LogP contribution in [0.5, 0.6) is 0 Å². The number of aliphatic hydroxyl groups is 1. The van der Waals surface area contributed by atoms with E-state index in [1.165, 1.54) is 0 Å². The number of hydrogen-bond donors (Lipinski definition) is 2. The predicted octanol–water partition coefficient (Wildman–Crippen LogP) is 2.18. The van der Waals surface area contributed by atoms with Crippen molar-refractivity contribution in [3.05, 3.63) is 28.8 Å². The monoisotopic (exact) mass is 284 g/mol. The summed E-state index contributed by atoms with van der Waals surface area (Å²) in [4.78, 5) is 2.58. The molecule has 0 saturated carbocycles. The van der Waals surface area contributed by atoms with Gasteiger partial charge in [0.2, 0.25) is 0 Å². The molecule has 1 aromatic rings. The van der Waals surface area contributed by atoms with Gasteiger partial charge in [0.1, 0.15) is 4.99 Å². The summed E-state index contributed by atoms with van der Waals surface area (Å²) in [6, 6.07) is 5.66. The van der Waals surface area contributed by atoms with Crippen LogP contribution < -0.4 is 10.6 Å². The van der Waals surface area contributed by atoms with Crippen LogP contribution in [0.15, 0.2) is 18.2 Å². The van der Waals surface area contributed by atoms with E-state index in [1.807, 2.05) is 18.2 Å². The first-order valence-electron chi connectivity index (χ1n) is 6.07. The number of aliphatic hydroxyl groups excluding tert-OH is 1. The summed E-state index contributed by atoms with van der Waals surface area (Å²) in [6.45, 7) is 2.06. The van der Waals surface area contributed by atoms with Gasteiger partial charge in [0.05, 0.1) is 10.7 Å². The molecular weight excluding hydrogens is 268 g/mol. The highest BCUT2D eigenvalue weighted by atomic mass is 35.5. The molecule has 0 radical (unpaired) electrons. The van der Waals surface area contributed by atoms with Crippen LogP contribution in [0.2, 0.25) is 5.02 Å². The van der Waals surface area contributed by atoms with Crippen molar-refractivity contribution < 1.29 is 5.11 Å². The molecule has 5 heteroatoms. The largest absolute Gasteiger partial charge is 0.396 e. The van der Waals surface area contributed by atoms with E-state index in [9.17, 15) is 5.11 Å². The summed E-state index contributed by atoms with van der Waals surface area (Å²) in [5, 5.41) is 9.91. The minimum atomic E-state index is 0.235. The van der Waals surface area contributed by atoms with Crippen LogP contribution in [0.25, 0.3) is 0 Å². The molecule has 18 heavy (non-hydrogen) atoms. The molecule has 3 nitrogen and oxygen atoms in total. The molecule has 1 fully saturated rings. The summed E-state index contributed by atoms with van der Waals surface area (Å²) in [7, 11) is 0. The number of thiocarbonyl (C=S) groups is 1. The van der Waals surface area contributed by atoms with E-state index in [0.29, 0.717) is 15.9 Å². The van der Waals surface area contributed by atoms with Gasteiger partial charge in [0, 0.05) is 25.3 Å². The summed E-state index contributed by atoms with van der Waals surface area (Å²) in [5.74, 6) is 0.338. The first-order chi connectivity index (χ1) is 8.61. The fraction of sp³-hybridized carbons (Fsp3) is 0.462. The molecule has 2 rings (SSSR count). The smallest absolute Gasteiger partial charge is 0.104 e. The second kappa shape index (κ2) is 5.87. The Hall–Kier alpha value is -0.840. The van der Waals surface area contributed by atoms with Crippen LogP contribution in [0, 0.1) is 5.92 Å². The summed E-state index contributed by atoms with van der Waals surface area (Å²) in [5.41, 5.74) is 7.36. The number of halogens is 1. The van der Waals surface area contributed by atoms with Crippen molar-refractivity contribution in [1.82, 2.24) is 0 Å². The maximum absolute atomic E-state index is 9.25. The van der Waals surface area contributed by atoms with Crippen molar-refractivity contribution in [2.45, 2.75) is 12.8 Å². The average molecular weight is 285 g/mol. The molecule has 0 aliphatic carbocycles. The van der Waals surface area contributed by atoms with Gasteiger partial charge in [-0.15, -0.1) is 0 Å². The van der Waals surface area contributed by atoms with Crippen LogP contribution in [0.3, 0.4) is 0 Å². The third kappa shape index (κ3) is 2.94. The number of nitrogens with two attached hydrogens (primary N) is 1. The van der Waals surface area contributed by atoms with Gasteiger partial charge in [-0.05, 0) is 37.0 Å². The van der Waals surface area contributed by atoms with E-state index in [0.717, 1.165) is 37.2 Å². The molecule has 0 aromatic heterocycles. The van der Waals surface area contributed by atoms with Gasteiger partial charge in [0.15, 0.2) is 0 Å². The molecular formula is C13H17ClN2OS. The van der Waals surface area contributed by atoms with Crippen molar-refractivity contribution in [2.24, 2.45) is 11.7 Å². The van der Waals surface area contributed by atoms with Gasteiger partial charge < -0.3 is 15.7 Å². The molecule has 1 unspecified atom stereocenters. The highest BCUT2D eigenvalue weighted by Crippen LogP contribution is 2.30. The lowest BCUT2D eigenvalue weighted by Gasteiger charge is -2.34. The number of hydrogen-bond acceptors (Lipinski definition) is 3. The van der Waals surface area contributed by atoms with E-state index in [2.05, 4.69) is 4.90 Å². The first-order valence-corrected chi connectivity index (χ1v) is 6.85. The molecule has 1 aliphatic rings. The minimum absolute atomic E-state index is 0.235. The topological polar surface area (TPSA) is 49.5 Å². The third-order valence-electron chi connectivity index (χ3n) is 3.35. The Bertz CT molecular complexity index is 453. The molecule has 0 spiro atoms. The zero-order chi connectivity index (χ0) is 13.1.